The number of anilines is 1. The molecule has 114 valence electrons. The van der Waals surface area contributed by atoms with E-state index < -0.39 is 6.10 Å². The van der Waals surface area contributed by atoms with Gasteiger partial charge in [0.1, 0.15) is 5.75 Å². The predicted octanol–water partition coefficient (Wildman–Crippen LogP) is 4.06. The average molecular weight is 362 g/mol. The first kappa shape index (κ1) is 16.2. The number of ether oxygens (including phenoxy) is 1. The monoisotopic (exact) mass is 361 g/mol. The molecule has 1 unspecified atom stereocenters. The second kappa shape index (κ2) is 7.22. The van der Waals surface area contributed by atoms with Crippen LogP contribution in [0.1, 0.15) is 24.2 Å². The number of halogens is 1. The van der Waals surface area contributed by atoms with Crippen molar-refractivity contribution in [2.45, 2.75) is 20.0 Å². The summed E-state index contributed by atoms with van der Waals surface area (Å²) in [5.41, 5.74) is 1.31. The van der Waals surface area contributed by atoms with Crippen LogP contribution in [0.3, 0.4) is 0 Å². The molecule has 0 aliphatic rings. The minimum Gasteiger partial charge on any atom is -0.481 e. The van der Waals surface area contributed by atoms with E-state index in [2.05, 4.69) is 21.2 Å². The molecule has 22 heavy (non-hydrogen) atoms. The highest BCUT2D eigenvalue weighted by atomic mass is 79.9. The van der Waals surface area contributed by atoms with Crippen LogP contribution in [-0.4, -0.2) is 17.8 Å². The van der Waals surface area contributed by atoms with Gasteiger partial charge >= 0.3 is 0 Å². The summed E-state index contributed by atoms with van der Waals surface area (Å²) in [5, 5.41) is 2.78. The molecule has 2 aromatic carbocycles. The highest BCUT2D eigenvalue weighted by Gasteiger charge is 2.15. The molecule has 1 N–H and O–H groups in total. The Hall–Kier alpha value is -2.14. The molecular formula is C17H16BrNO3. The molecule has 0 radical (unpaired) electrons. The number of nitrogens with one attached hydrogen (secondary N) is 1. The number of carbonyl (C=O) groups excluding carboxylic acids is 2. The molecule has 0 bridgehead atoms. The topological polar surface area (TPSA) is 55.4 Å². The van der Waals surface area contributed by atoms with Gasteiger partial charge in [-0.1, -0.05) is 15.9 Å². The fourth-order valence-electron chi connectivity index (χ4n) is 1.80. The Kier molecular flexibility index (Phi) is 5.33. The number of hydrogen-bond acceptors (Lipinski definition) is 3. The fourth-order valence-corrected chi connectivity index (χ4v) is 2.07. The zero-order chi connectivity index (χ0) is 16.1. The number of benzene rings is 2. The summed E-state index contributed by atoms with van der Waals surface area (Å²) in [7, 11) is 0. The predicted molar refractivity (Wildman–Crippen MR) is 89.3 cm³/mol. The molecule has 0 aromatic heterocycles. The SMILES string of the molecule is CC(=O)c1ccc(OC(C)C(=O)Nc2ccc(Br)cc2)cc1. The van der Waals surface area contributed by atoms with Crippen LogP contribution in [0.2, 0.25) is 0 Å². The second-order valence-electron chi connectivity index (χ2n) is 4.84. The molecule has 0 spiro atoms. The van der Waals surface area contributed by atoms with Crippen molar-refractivity contribution < 1.29 is 14.3 Å². The van der Waals surface area contributed by atoms with E-state index in [4.69, 9.17) is 4.74 Å². The lowest BCUT2D eigenvalue weighted by Crippen LogP contribution is -2.30. The van der Waals surface area contributed by atoms with Gasteiger partial charge in [0, 0.05) is 15.7 Å². The van der Waals surface area contributed by atoms with Gasteiger partial charge in [-0.05, 0) is 62.4 Å². The third kappa shape index (κ3) is 4.43. The smallest absolute Gasteiger partial charge is 0.265 e. The van der Waals surface area contributed by atoms with Gasteiger partial charge in [-0.2, -0.15) is 0 Å². The Morgan fingerprint density at radius 1 is 1.05 bits per heavy atom. The number of amides is 1. The molecule has 4 nitrogen and oxygen atoms in total. The molecule has 0 saturated carbocycles. The van der Waals surface area contributed by atoms with Crippen molar-refractivity contribution in [1.29, 1.82) is 0 Å². The first-order chi connectivity index (χ1) is 10.5. The van der Waals surface area contributed by atoms with Crippen LogP contribution in [0, 0.1) is 0 Å². The van der Waals surface area contributed by atoms with Gasteiger partial charge in [0.15, 0.2) is 11.9 Å². The Morgan fingerprint density at radius 3 is 2.18 bits per heavy atom. The normalized spacial score (nSPS) is 11.6. The number of rotatable bonds is 5. The summed E-state index contributed by atoms with van der Waals surface area (Å²) >= 11 is 3.34. The van der Waals surface area contributed by atoms with E-state index in [1.165, 1.54) is 6.92 Å². The molecule has 0 saturated heterocycles. The number of carbonyl (C=O) groups is 2. The number of Topliss-reactive ketones (excluding diaryl/α,β-unsaturated/α-hetero) is 1. The second-order valence-corrected chi connectivity index (χ2v) is 5.75. The van der Waals surface area contributed by atoms with Crippen molar-refractivity contribution in [3.63, 3.8) is 0 Å². The summed E-state index contributed by atoms with van der Waals surface area (Å²) in [6.45, 7) is 3.18. The van der Waals surface area contributed by atoms with Crippen LogP contribution in [-0.2, 0) is 4.79 Å². The quantitative estimate of drug-likeness (QED) is 0.817. The van der Waals surface area contributed by atoms with Crippen molar-refractivity contribution >= 4 is 33.3 Å². The van der Waals surface area contributed by atoms with E-state index in [1.807, 2.05) is 12.1 Å². The largest absolute Gasteiger partial charge is 0.481 e. The third-order valence-corrected chi connectivity index (χ3v) is 3.58. The lowest BCUT2D eigenvalue weighted by atomic mass is 10.1. The Morgan fingerprint density at radius 2 is 1.64 bits per heavy atom. The highest BCUT2D eigenvalue weighted by molar-refractivity contribution is 9.10. The molecule has 1 atom stereocenters. The molecule has 5 heteroatoms. The van der Waals surface area contributed by atoms with Gasteiger partial charge in [0.25, 0.3) is 5.91 Å². The van der Waals surface area contributed by atoms with Crippen LogP contribution in [0.4, 0.5) is 5.69 Å². The number of ketones is 1. The van der Waals surface area contributed by atoms with Crippen LogP contribution >= 0.6 is 15.9 Å². The van der Waals surface area contributed by atoms with Gasteiger partial charge in [-0.25, -0.2) is 0 Å². The van der Waals surface area contributed by atoms with Gasteiger partial charge in [0.05, 0.1) is 0 Å². The first-order valence-electron chi connectivity index (χ1n) is 6.80. The van der Waals surface area contributed by atoms with Crippen molar-refractivity contribution in [3.05, 3.63) is 58.6 Å². The van der Waals surface area contributed by atoms with Gasteiger partial charge < -0.3 is 10.1 Å². The van der Waals surface area contributed by atoms with E-state index in [9.17, 15) is 9.59 Å². The number of hydrogen-bond donors (Lipinski definition) is 1. The zero-order valence-electron chi connectivity index (χ0n) is 12.3. The van der Waals surface area contributed by atoms with Crippen LogP contribution in [0.25, 0.3) is 0 Å². The van der Waals surface area contributed by atoms with Crippen molar-refractivity contribution in [2.24, 2.45) is 0 Å². The molecule has 0 aliphatic carbocycles. The summed E-state index contributed by atoms with van der Waals surface area (Å²) in [5.74, 6) is 0.300. The molecule has 0 heterocycles. The van der Waals surface area contributed by atoms with Crippen molar-refractivity contribution in [3.8, 4) is 5.75 Å². The Balaban J connectivity index is 1.95. The summed E-state index contributed by atoms with van der Waals surface area (Å²) < 4.78 is 6.52. The van der Waals surface area contributed by atoms with E-state index >= 15 is 0 Å². The molecule has 2 aromatic rings. The standard InChI is InChI=1S/C17H16BrNO3/c1-11(20)13-3-9-16(10-4-13)22-12(2)17(21)19-15-7-5-14(18)6-8-15/h3-10,12H,1-2H3,(H,19,21). The van der Waals surface area contributed by atoms with E-state index in [-0.39, 0.29) is 11.7 Å². The molecule has 2 rings (SSSR count). The fraction of sp³-hybridized carbons (Fsp3) is 0.176. The Labute approximate surface area is 137 Å². The molecule has 1 amide bonds. The van der Waals surface area contributed by atoms with Crippen molar-refractivity contribution in [2.75, 3.05) is 5.32 Å². The summed E-state index contributed by atoms with van der Waals surface area (Å²) in [6, 6.07) is 14.0. The van der Waals surface area contributed by atoms with Crippen molar-refractivity contribution in [1.82, 2.24) is 0 Å². The maximum Gasteiger partial charge on any atom is 0.265 e. The van der Waals surface area contributed by atoms with Gasteiger partial charge in [0.2, 0.25) is 0 Å². The zero-order valence-corrected chi connectivity index (χ0v) is 13.9. The minimum atomic E-state index is -0.646. The van der Waals surface area contributed by atoms with E-state index in [0.717, 1.165) is 4.47 Å². The third-order valence-electron chi connectivity index (χ3n) is 3.05. The van der Waals surface area contributed by atoms with Gasteiger partial charge in [-0.3, -0.25) is 9.59 Å². The summed E-state index contributed by atoms with van der Waals surface area (Å²) in [6.07, 6.45) is -0.646. The highest BCUT2D eigenvalue weighted by Crippen LogP contribution is 2.17. The maximum atomic E-state index is 12.1. The van der Waals surface area contributed by atoms with Crippen LogP contribution in [0.15, 0.2) is 53.0 Å². The molecular weight excluding hydrogens is 346 g/mol. The average Bonchev–Trinajstić information content (AvgIpc) is 2.50. The van der Waals surface area contributed by atoms with E-state index in [0.29, 0.717) is 17.0 Å². The van der Waals surface area contributed by atoms with Gasteiger partial charge in [-0.15, -0.1) is 0 Å². The molecule has 0 fully saturated rings. The van der Waals surface area contributed by atoms with Crippen LogP contribution < -0.4 is 10.1 Å². The van der Waals surface area contributed by atoms with Crippen LogP contribution in [0.5, 0.6) is 5.75 Å². The maximum absolute atomic E-state index is 12.1. The lowest BCUT2D eigenvalue weighted by molar-refractivity contribution is -0.122. The summed E-state index contributed by atoms with van der Waals surface area (Å²) in [4.78, 5) is 23.3. The first-order valence-corrected chi connectivity index (χ1v) is 7.59. The Bertz CT molecular complexity index is 665. The lowest BCUT2D eigenvalue weighted by Gasteiger charge is -2.15. The van der Waals surface area contributed by atoms with E-state index in [1.54, 1.807) is 43.3 Å². The molecule has 0 aliphatic heterocycles. The minimum absolute atomic E-state index is 0.00687.